The van der Waals surface area contributed by atoms with Crippen LogP contribution < -0.4 is 0 Å². The molecular formula is C14H17Br2NO. The lowest BCUT2D eigenvalue weighted by molar-refractivity contribution is 0.0573. The molecule has 0 bridgehead atoms. The molecule has 1 aliphatic heterocycles. The van der Waals surface area contributed by atoms with Crippen LogP contribution in [0.4, 0.5) is 0 Å². The van der Waals surface area contributed by atoms with Gasteiger partial charge in [-0.05, 0) is 59.8 Å². The molecule has 2 rings (SSSR count). The Bertz CT molecular complexity index is 461. The molecule has 98 valence electrons. The van der Waals surface area contributed by atoms with Gasteiger partial charge in [0.05, 0.1) is 5.56 Å². The maximum atomic E-state index is 12.6. The summed E-state index contributed by atoms with van der Waals surface area (Å²) in [5, 5.41) is 0. The van der Waals surface area contributed by atoms with Crippen LogP contribution in [0, 0.1) is 5.92 Å². The Morgan fingerprint density at radius 3 is 2.67 bits per heavy atom. The van der Waals surface area contributed by atoms with Crippen LogP contribution in [0.2, 0.25) is 0 Å². The highest BCUT2D eigenvalue weighted by Gasteiger charge is 2.28. The SMILES string of the molecule is CC1CCC(C)N(C(=O)c2ccc(Br)cc2Br)C1. The average molecular weight is 375 g/mol. The molecule has 1 aromatic carbocycles. The molecule has 0 aromatic heterocycles. The van der Waals surface area contributed by atoms with E-state index < -0.39 is 0 Å². The number of halogens is 2. The van der Waals surface area contributed by atoms with Crippen molar-refractivity contribution in [2.45, 2.75) is 32.7 Å². The second kappa shape index (κ2) is 5.74. The van der Waals surface area contributed by atoms with Crippen LogP contribution in [0.15, 0.2) is 27.1 Å². The Kier molecular flexibility index (Phi) is 4.49. The Morgan fingerprint density at radius 1 is 1.28 bits per heavy atom. The number of carbonyl (C=O) groups is 1. The Hall–Kier alpha value is -0.350. The van der Waals surface area contributed by atoms with E-state index >= 15 is 0 Å². The first-order chi connectivity index (χ1) is 8.49. The largest absolute Gasteiger partial charge is 0.336 e. The summed E-state index contributed by atoms with van der Waals surface area (Å²) < 4.78 is 1.83. The van der Waals surface area contributed by atoms with E-state index in [0.717, 1.165) is 27.5 Å². The van der Waals surface area contributed by atoms with E-state index in [1.54, 1.807) is 0 Å². The van der Waals surface area contributed by atoms with E-state index in [1.807, 2.05) is 23.1 Å². The van der Waals surface area contributed by atoms with Crippen molar-refractivity contribution in [2.75, 3.05) is 6.54 Å². The second-order valence-electron chi connectivity index (χ2n) is 5.11. The molecule has 1 saturated heterocycles. The normalized spacial score (nSPS) is 24.1. The van der Waals surface area contributed by atoms with Crippen LogP contribution in [-0.4, -0.2) is 23.4 Å². The number of benzene rings is 1. The lowest BCUT2D eigenvalue weighted by Crippen LogP contribution is -2.45. The predicted octanol–water partition coefficient (Wildman–Crippen LogP) is 4.47. The third kappa shape index (κ3) is 2.97. The lowest BCUT2D eigenvalue weighted by atomic mass is 9.94. The molecule has 0 aliphatic carbocycles. The highest BCUT2D eigenvalue weighted by Crippen LogP contribution is 2.27. The summed E-state index contributed by atoms with van der Waals surface area (Å²) in [5.41, 5.74) is 0.749. The predicted molar refractivity (Wildman–Crippen MR) is 80.7 cm³/mol. The van der Waals surface area contributed by atoms with Gasteiger partial charge in [-0.3, -0.25) is 4.79 Å². The number of hydrogen-bond acceptors (Lipinski definition) is 1. The first-order valence-corrected chi connectivity index (χ1v) is 7.83. The molecule has 1 aromatic rings. The number of carbonyl (C=O) groups excluding carboxylic acids is 1. The molecule has 1 aliphatic rings. The van der Waals surface area contributed by atoms with Crippen LogP contribution in [0.1, 0.15) is 37.0 Å². The fourth-order valence-electron chi connectivity index (χ4n) is 2.39. The van der Waals surface area contributed by atoms with Crippen molar-refractivity contribution in [3.05, 3.63) is 32.7 Å². The van der Waals surface area contributed by atoms with Crippen molar-refractivity contribution in [3.8, 4) is 0 Å². The number of likely N-dealkylation sites (tertiary alicyclic amines) is 1. The van der Waals surface area contributed by atoms with E-state index in [1.165, 1.54) is 6.42 Å². The van der Waals surface area contributed by atoms with Gasteiger partial charge in [0, 0.05) is 21.5 Å². The molecular weight excluding hydrogens is 358 g/mol. The number of amides is 1. The first-order valence-electron chi connectivity index (χ1n) is 6.25. The molecule has 2 nitrogen and oxygen atoms in total. The third-order valence-electron chi connectivity index (χ3n) is 3.54. The summed E-state index contributed by atoms with van der Waals surface area (Å²) in [6.45, 7) is 5.21. The van der Waals surface area contributed by atoms with Gasteiger partial charge in [0.2, 0.25) is 0 Å². The van der Waals surface area contributed by atoms with Crippen molar-refractivity contribution in [2.24, 2.45) is 5.92 Å². The summed E-state index contributed by atoms with van der Waals surface area (Å²) in [6.07, 6.45) is 2.31. The zero-order valence-electron chi connectivity index (χ0n) is 10.6. The van der Waals surface area contributed by atoms with Gasteiger partial charge in [-0.1, -0.05) is 22.9 Å². The van der Waals surface area contributed by atoms with Gasteiger partial charge in [0.15, 0.2) is 0 Å². The molecule has 18 heavy (non-hydrogen) atoms. The van der Waals surface area contributed by atoms with Gasteiger partial charge >= 0.3 is 0 Å². The molecule has 0 saturated carbocycles. The zero-order valence-corrected chi connectivity index (χ0v) is 13.8. The summed E-state index contributed by atoms with van der Waals surface area (Å²) in [5.74, 6) is 0.729. The number of rotatable bonds is 1. The standard InChI is InChI=1S/C14H17Br2NO/c1-9-3-4-10(2)17(8-9)14(18)12-6-5-11(15)7-13(12)16/h5-7,9-10H,3-4,8H2,1-2H3. The summed E-state index contributed by atoms with van der Waals surface area (Å²) in [4.78, 5) is 14.6. The van der Waals surface area contributed by atoms with Crippen LogP contribution in [0.3, 0.4) is 0 Å². The minimum atomic E-state index is 0.133. The monoisotopic (exact) mass is 373 g/mol. The van der Waals surface area contributed by atoms with E-state index in [9.17, 15) is 4.79 Å². The molecule has 2 atom stereocenters. The summed E-state index contributed by atoms with van der Waals surface area (Å²) in [6, 6.07) is 6.05. The van der Waals surface area contributed by atoms with Gasteiger partial charge in [-0.15, -0.1) is 0 Å². The minimum absolute atomic E-state index is 0.133. The van der Waals surface area contributed by atoms with Crippen molar-refractivity contribution >= 4 is 37.8 Å². The maximum Gasteiger partial charge on any atom is 0.255 e. The molecule has 0 spiro atoms. The van der Waals surface area contributed by atoms with Gasteiger partial charge in [-0.2, -0.15) is 0 Å². The quantitative estimate of drug-likeness (QED) is 0.709. The summed E-state index contributed by atoms with van der Waals surface area (Å²) >= 11 is 6.88. The highest BCUT2D eigenvalue weighted by molar-refractivity contribution is 9.11. The van der Waals surface area contributed by atoms with Crippen LogP contribution in [0.5, 0.6) is 0 Å². The minimum Gasteiger partial charge on any atom is -0.336 e. The topological polar surface area (TPSA) is 20.3 Å². The van der Waals surface area contributed by atoms with Crippen molar-refractivity contribution in [3.63, 3.8) is 0 Å². The van der Waals surface area contributed by atoms with Gasteiger partial charge in [0.25, 0.3) is 5.91 Å². The molecule has 1 fully saturated rings. The van der Waals surface area contributed by atoms with Gasteiger partial charge in [-0.25, -0.2) is 0 Å². The highest BCUT2D eigenvalue weighted by atomic mass is 79.9. The summed E-state index contributed by atoms with van der Waals surface area (Å²) in [7, 11) is 0. The Morgan fingerprint density at radius 2 is 2.00 bits per heavy atom. The lowest BCUT2D eigenvalue weighted by Gasteiger charge is -2.37. The van der Waals surface area contributed by atoms with Gasteiger partial charge in [0.1, 0.15) is 0 Å². The maximum absolute atomic E-state index is 12.6. The molecule has 0 radical (unpaired) electrons. The molecule has 4 heteroatoms. The average Bonchev–Trinajstić information content (AvgIpc) is 2.31. The zero-order chi connectivity index (χ0) is 13.3. The van der Waals surface area contributed by atoms with Crippen molar-refractivity contribution in [1.82, 2.24) is 4.90 Å². The fourth-order valence-corrected chi connectivity index (χ4v) is 3.61. The van der Waals surface area contributed by atoms with E-state index in [-0.39, 0.29) is 5.91 Å². The van der Waals surface area contributed by atoms with E-state index in [0.29, 0.717) is 12.0 Å². The van der Waals surface area contributed by atoms with E-state index in [4.69, 9.17) is 0 Å². The third-order valence-corrected chi connectivity index (χ3v) is 4.69. The molecule has 1 amide bonds. The number of hydrogen-bond donors (Lipinski definition) is 0. The first kappa shape index (κ1) is 14.1. The van der Waals surface area contributed by atoms with Crippen LogP contribution >= 0.6 is 31.9 Å². The van der Waals surface area contributed by atoms with Crippen LogP contribution in [-0.2, 0) is 0 Å². The fraction of sp³-hybridized carbons (Fsp3) is 0.500. The second-order valence-corrected chi connectivity index (χ2v) is 6.88. The Labute approximate surface area is 125 Å². The molecule has 0 N–H and O–H groups in total. The van der Waals surface area contributed by atoms with E-state index in [2.05, 4.69) is 45.7 Å². The molecule has 1 heterocycles. The smallest absolute Gasteiger partial charge is 0.255 e. The number of piperidine rings is 1. The van der Waals surface area contributed by atoms with Crippen molar-refractivity contribution < 1.29 is 4.79 Å². The molecule has 2 unspecified atom stereocenters. The van der Waals surface area contributed by atoms with Crippen LogP contribution in [0.25, 0.3) is 0 Å². The Balaban J connectivity index is 2.24. The van der Waals surface area contributed by atoms with Gasteiger partial charge < -0.3 is 4.90 Å². The number of nitrogens with zero attached hydrogens (tertiary/aromatic N) is 1. The van der Waals surface area contributed by atoms with Crippen molar-refractivity contribution in [1.29, 1.82) is 0 Å².